The molecule has 0 aliphatic carbocycles. The van der Waals surface area contributed by atoms with Crippen molar-refractivity contribution in [3.63, 3.8) is 0 Å². The number of nitrogens with one attached hydrogen (secondary N) is 1. The third-order valence-corrected chi connectivity index (χ3v) is 7.24. The SMILES string of the molecule is CC(=O)CCCN1CCN(Cc2cccc(C(=O)NCC(O)CN3CCc4ccccc4C3)c2)CC1. The van der Waals surface area contributed by atoms with E-state index in [1.165, 1.54) is 11.1 Å². The summed E-state index contributed by atoms with van der Waals surface area (Å²) < 4.78 is 0. The molecular formula is C29H40N4O3. The van der Waals surface area contributed by atoms with Gasteiger partial charge in [-0.3, -0.25) is 14.6 Å². The molecule has 1 atom stereocenters. The summed E-state index contributed by atoms with van der Waals surface area (Å²) in [4.78, 5) is 31.0. The molecule has 0 spiro atoms. The van der Waals surface area contributed by atoms with Crippen molar-refractivity contribution in [1.29, 1.82) is 0 Å². The zero-order valence-electron chi connectivity index (χ0n) is 21.5. The average Bonchev–Trinajstić information content (AvgIpc) is 2.88. The molecule has 2 aromatic rings. The first-order chi connectivity index (χ1) is 17.5. The lowest BCUT2D eigenvalue weighted by Gasteiger charge is -2.34. The number of fused-ring (bicyclic) bond motifs is 1. The van der Waals surface area contributed by atoms with Crippen LogP contribution in [0.4, 0.5) is 0 Å². The second-order valence-electron chi connectivity index (χ2n) is 10.2. The molecule has 7 nitrogen and oxygen atoms in total. The molecule has 0 radical (unpaired) electrons. The van der Waals surface area contributed by atoms with Crippen LogP contribution in [0.15, 0.2) is 48.5 Å². The maximum absolute atomic E-state index is 12.8. The number of piperazine rings is 1. The number of aliphatic hydroxyl groups excluding tert-OH is 1. The highest BCUT2D eigenvalue weighted by molar-refractivity contribution is 5.94. The van der Waals surface area contributed by atoms with Crippen LogP contribution in [0.5, 0.6) is 0 Å². The Labute approximate surface area is 215 Å². The lowest BCUT2D eigenvalue weighted by molar-refractivity contribution is -0.117. The van der Waals surface area contributed by atoms with Crippen LogP contribution in [-0.2, 0) is 24.3 Å². The van der Waals surface area contributed by atoms with E-state index in [0.717, 1.165) is 70.8 Å². The van der Waals surface area contributed by atoms with E-state index in [1.807, 2.05) is 18.2 Å². The molecule has 2 heterocycles. The molecule has 194 valence electrons. The Balaban J connectivity index is 1.18. The molecule has 0 aromatic heterocycles. The lowest BCUT2D eigenvalue weighted by Crippen LogP contribution is -2.46. The molecule has 2 aliphatic rings. The van der Waals surface area contributed by atoms with Gasteiger partial charge in [-0.1, -0.05) is 36.4 Å². The Morgan fingerprint density at radius 1 is 0.944 bits per heavy atom. The normalized spacial score (nSPS) is 17.9. The number of ketones is 1. The summed E-state index contributed by atoms with van der Waals surface area (Å²) in [6.45, 7) is 10.0. The number of β-amino-alcohol motifs (C(OH)–C–C–N with tert-alkyl or cyclic N) is 1. The Hall–Kier alpha value is -2.58. The summed E-state index contributed by atoms with van der Waals surface area (Å²) in [5, 5.41) is 13.4. The first-order valence-corrected chi connectivity index (χ1v) is 13.2. The first-order valence-electron chi connectivity index (χ1n) is 13.2. The van der Waals surface area contributed by atoms with Gasteiger partial charge in [0.05, 0.1) is 6.10 Å². The van der Waals surface area contributed by atoms with Crippen LogP contribution >= 0.6 is 0 Å². The van der Waals surface area contributed by atoms with Crippen LogP contribution in [0, 0.1) is 0 Å². The fourth-order valence-corrected chi connectivity index (χ4v) is 5.18. The predicted molar refractivity (Wildman–Crippen MR) is 142 cm³/mol. The number of amides is 1. The molecule has 0 saturated carbocycles. The fraction of sp³-hybridized carbons (Fsp3) is 0.517. The van der Waals surface area contributed by atoms with E-state index in [-0.39, 0.29) is 18.2 Å². The van der Waals surface area contributed by atoms with E-state index in [2.05, 4.69) is 50.3 Å². The number of aliphatic hydroxyl groups is 1. The Morgan fingerprint density at radius 2 is 1.69 bits per heavy atom. The van der Waals surface area contributed by atoms with Crippen LogP contribution < -0.4 is 5.32 Å². The van der Waals surface area contributed by atoms with Gasteiger partial charge in [0, 0.05) is 70.9 Å². The molecule has 1 amide bonds. The van der Waals surface area contributed by atoms with Gasteiger partial charge in [0.1, 0.15) is 5.78 Å². The molecule has 2 N–H and O–H groups in total. The largest absolute Gasteiger partial charge is 0.390 e. The van der Waals surface area contributed by atoms with E-state index in [9.17, 15) is 14.7 Å². The Bertz CT molecular complexity index is 1020. The molecule has 0 bridgehead atoms. The van der Waals surface area contributed by atoms with Crippen molar-refractivity contribution in [1.82, 2.24) is 20.0 Å². The quantitative estimate of drug-likeness (QED) is 0.502. The van der Waals surface area contributed by atoms with Gasteiger partial charge < -0.3 is 20.1 Å². The minimum Gasteiger partial charge on any atom is -0.390 e. The lowest BCUT2D eigenvalue weighted by atomic mass is 10.00. The minimum atomic E-state index is -0.603. The monoisotopic (exact) mass is 492 g/mol. The number of Topliss-reactive ketones (excluding diaryl/α,β-unsaturated/α-hetero) is 1. The number of carbonyl (C=O) groups is 2. The Morgan fingerprint density at radius 3 is 2.47 bits per heavy atom. The summed E-state index contributed by atoms with van der Waals surface area (Å²) >= 11 is 0. The van der Waals surface area contributed by atoms with Crippen molar-refractivity contribution in [2.75, 3.05) is 52.4 Å². The van der Waals surface area contributed by atoms with Gasteiger partial charge in [-0.2, -0.15) is 0 Å². The molecule has 4 rings (SSSR count). The van der Waals surface area contributed by atoms with Gasteiger partial charge in [0.15, 0.2) is 0 Å². The molecule has 2 aliphatic heterocycles. The standard InChI is InChI=1S/C29H40N4O3/c1-23(34)6-5-12-31-14-16-32(17-15-31)20-24-7-4-10-26(18-24)29(36)30-19-28(35)22-33-13-11-25-8-2-3-9-27(25)21-33/h2-4,7-10,18,28,35H,5-6,11-17,19-22H2,1H3,(H,30,36). The van der Waals surface area contributed by atoms with Gasteiger partial charge in [0.2, 0.25) is 0 Å². The fourth-order valence-electron chi connectivity index (χ4n) is 5.18. The topological polar surface area (TPSA) is 76.1 Å². The molecule has 1 unspecified atom stereocenters. The third-order valence-electron chi connectivity index (χ3n) is 7.24. The maximum atomic E-state index is 12.8. The zero-order valence-corrected chi connectivity index (χ0v) is 21.5. The van der Waals surface area contributed by atoms with Crippen molar-refractivity contribution < 1.29 is 14.7 Å². The van der Waals surface area contributed by atoms with Gasteiger partial charge in [-0.05, 0) is 55.1 Å². The summed E-state index contributed by atoms with van der Waals surface area (Å²) in [5.74, 6) is 0.121. The van der Waals surface area contributed by atoms with Crippen molar-refractivity contribution in [2.24, 2.45) is 0 Å². The smallest absolute Gasteiger partial charge is 0.251 e. The highest BCUT2D eigenvalue weighted by atomic mass is 16.3. The van der Waals surface area contributed by atoms with Crippen LogP contribution in [-0.4, -0.2) is 90.0 Å². The van der Waals surface area contributed by atoms with Crippen LogP contribution in [0.1, 0.15) is 46.8 Å². The molecule has 2 aromatic carbocycles. The predicted octanol–water partition coefficient (Wildman–Crippen LogP) is 2.32. The first kappa shape index (κ1) is 26.5. The van der Waals surface area contributed by atoms with Crippen molar-refractivity contribution in [3.8, 4) is 0 Å². The number of nitrogens with zero attached hydrogens (tertiary/aromatic N) is 3. The second kappa shape index (κ2) is 13.1. The van der Waals surface area contributed by atoms with Crippen LogP contribution in [0.25, 0.3) is 0 Å². The molecule has 1 saturated heterocycles. The number of hydrogen-bond acceptors (Lipinski definition) is 6. The summed E-state index contributed by atoms with van der Waals surface area (Å²) in [5.41, 5.74) is 4.48. The molecule has 7 heteroatoms. The average molecular weight is 493 g/mol. The number of rotatable bonds is 11. The molecule has 1 fully saturated rings. The van der Waals surface area contributed by atoms with Gasteiger partial charge in [-0.15, -0.1) is 0 Å². The van der Waals surface area contributed by atoms with E-state index >= 15 is 0 Å². The van der Waals surface area contributed by atoms with Gasteiger partial charge in [-0.25, -0.2) is 0 Å². The van der Waals surface area contributed by atoms with E-state index < -0.39 is 6.10 Å². The van der Waals surface area contributed by atoms with E-state index in [1.54, 1.807) is 6.92 Å². The van der Waals surface area contributed by atoms with E-state index in [4.69, 9.17) is 0 Å². The van der Waals surface area contributed by atoms with Crippen molar-refractivity contribution in [3.05, 3.63) is 70.8 Å². The maximum Gasteiger partial charge on any atom is 0.251 e. The third kappa shape index (κ3) is 7.96. The van der Waals surface area contributed by atoms with Gasteiger partial charge >= 0.3 is 0 Å². The van der Waals surface area contributed by atoms with E-state index in [0.29, 0.717) is 18.5 Å². The summed E-state index contributed by atoms with van der Waals surface area (Å²) in [6, 6.07) is 16.3. The second-order valence-corrected chi connectivity index (χ2v) is 10.2. The highest BCUT2D eigenvalue weighted by Gasteiger charge is 2.20. The van der Waals surface area contributed by atoms with Crippen LogP contribution in [0.3, 0.4) is 0 Å². The summed E-state index contributed by atoms with van der Waals surface area (Å²) in [7, 11) is 0. The number of carbonyl (C=O) groups excluding carboxylic acids is 2. The van der Waals surface area contributed by atoms with Crippen LogP contribution in [0.2, 0.25) is 0 Å². The molecular weight excluding hydrogens is 452 g/mol. The highest BCUT2D eigenvalue weighted by Crippen LogP contribution is 2.18. The number of benzene rings is 2. The summed E-state index contributed by atoms with van der Waals surface area (Å²) in [6.07, 6.45) is 2.00. The van der Waals surface area contributed by atoms with Gasteiger partial charge in [0.25, 0.3) is 5.91 Å². The Kier molecular flexibility index (Phi) is 9.64. The minimum absolute atomic E-state index is 0.143. The zero-order chi connectivity index (χ0) is 25.3. The van der Waals surface area contributed by atoms with Crippen molar-refractivity contribution in [2.45, 2.75) is 45.4 Å². The van der Waals surface area contributed by atoms with Crippen molar-refractivity contribution >= 4 is 11.7 Å². The number of hydrogen-bond donors (Lipinski definition) is 2. The molecule has 36 heavy (non-hydrogen) atoms.